The van der Waals surface area contributed by atoms with Crippen molar-refractivity contribution < 1.29 is 28.3 Å². The Kier molecular flexibility index (Phi) is 6.82. The fourth-order valence-electron chi connectivity index (χ4n) is 2.49. The molecule has 0 aliphatic carbocycles. The number of halogens is 1. The van der Waals surface area contributed by atoms with Gasteiger partial charge >= 0.3 is 5.97 Å². The first kappa shape index (κ1) is 20.5. The molecule has 1 amide bonds. The lowest BCUT2D eigenvalue weighted by Gasteiger charge is -2.21. The number of anilines is 1. The molecular formula is C18H19ClN2O6S. The van der Waals surface area contributed by atoms with Gasteiger partial charge in [0.25, 0.3) is 0 Å². The lowest BCUT2D eigenvalue weighted by atomic mass is 10.1. The van der Waals surface area contributed by atoms with E-state index in [1.54, 1.807) is 32.0 Å². The highest BCUT2D eigenvalue weighted by Gasteiger charge is 2.19. The summed E-state index contributed by atoms with van der Waals surface area (Å²) in [6.07, 6.45) is 0. The molecule has 0 spiro atoms. The number of aromatic nitrogens is 1. The molecule has 0 radical (unpaired) electrons. The van der Waals surface area contributed by atoms with E-state index in [-0.39, 0.29) is 25.1 Å². The third-order valence-electron chi connectivity index (χ3n) is 3.84. The Morgan fingerprint density at radius 2 is 2.21 bits per heavy atom. The molecule has 0 saturated carbocycles. The molecule has 0 fully saturated rings. The van der Waals surface area contributed by atoms with Gasteiger partial charge in [0.05, 0.1) is 17.6 Å². The van der Waals surface area contributed by atoms with E-state index in [4.69, 9.17) is 30.3 Å². The summed E-state index contributed by atoms with van der Waals surface area (Å²) in [6.45, 7) is 3.99. The third-order valence-corrected chi connectivity index (χ3v) is 5.17. The Bertz CT molecular complexity index is 872. The predicted octanol–water partition coefficient (Wildman–Crippen LogP) is 3.31. The van der Waals surface area contributed by atoms with Crippen molar-refractivity contribution in [3.8, 4) is 5.75 Å². The molecule has 0 unspecified atom stereocenters. The SMILES string of the molecule is Cc1cc(NC(=O)[C@@H](C)SCC(=O)OCc2cc(Cl)cc3c2OCOC3)no1. The molecule has 3 rings (SSSR count). The Morgan fingerprint density at radius 3 is 2.96 bits per heavy atom. The number of nitrogens with zero attached hydrogens (tertiary/aromatic N) is 1. The number of hydrogen-bond donors (Lipinski definition) is 1. The summed E-state index contributed by atoms with van der Waals surface area (Å²) in [5.41, 5.74) is 1.49. The maximum Gasteiger partial charge on any atom is 0.316 e. The molecule has 1 aliphatic heterocycles. The summed E-state index contributed by atoms with van der Waals surface area (Å²) in [4.78, 5) is 24.2. The molecule has 1 atom stereocenters. The van der Waals surface area contributed by atoms with Crippen molar-refractivity contribution in [2.45, 2.75) is 32.3 Å². The number of thioether (sulfide) groups is 1. The number of hydrogen-bond acceptors (Lipinski definition) is 8. The average Bonchev–Trinajstić information content (AvgIpc) is 3.08. The number of fused-ring (bicyclic) bond motifs is 1. The second kappa shape index (κ2) is 9.31. The number of esters is 1. The molecule has 1 aromatic heterocycles. The predicted molar refractivity (Wildman–Crippen MR) is 103 cm³/mol. The summed E-state index contributed by atoms with van der Waals surface area (Å²) in [5, 5.41) is 6.37. The Balaban J connectivity index is 1.47. The normalized spacial score (nSPS) is 14.0. The van der Waals surface area contributed by atoms with Crippen LogP contribution in [0.1, 0.15) is 23.8 Å². The number of rotatable bonds is 7. The minimum Gasteiger partial charge on any atom is -0.467 e. The van der Waals surface area contributed by atoms with Crippen molar-refractivity contribution in [3.05, 3.63) is 40.1 Å². The average molecular weight is 427 g/mol. The van der Waals surface area contributed by atoms with Crippen LogP contribution < -0.4 is 10.1 Å². The van der Waals surface area contributed by atoms with Crippen molar-refractivity contribution >= 4 is 41.1 Å². The van der Waals surface area contributed by atoms with Crippen molar-refractivity contribution in [1.82, 2.24) is 5.16 Å². The third kappa shape index (κ3) is 5.40. The summed E-state index contributed by atoms with van der Waals surface area (Å²) < 4.78 is 20.9. The van der Waals surface area contributed by atoms with Gasteiger partial charge in [0.2, 0.25) is 5.91 Å². The van der Waals surface area contributed by atoms with Crippen LogP contribution in [-0.4, -0.2) is 34.8 Å². The number of ether oxygens (including phenoxy) is 3. The van der Waals surface area contributed by atoms with Crippen molar-refractivity contribution in [3.63, 3.8) is 0 Å². The number of aryl methyl sites for hydroxylation is 1. The second-order valence-corrected chi connectivity index (χ2v) is 7.86. The lowest BCUT2D eigenvalue weighted by Crippen LogP contribution is -2.24. The van der Waals surface area contributed by atoms with Gasteiger partial charge in [0.15, 0.2) is 12.6 Å². The molecule has 1 aromatic carbocycles. The molecule has 28 heavy (non-hydrogen) atoms. The zero-order valence-corrected chi connectivity index (χ0v) is 16.9. The molecule has 10 heteroatoms. The van der Waals surface area contributed by atoms with Gasteiger partial charge < -0.3 is 24.1 Å². The van der Waals surface area contributed by atoms with Crippen molar-refractivity contribution in [2.24, 2.45) is 0 Å². The van der Waals surface area contributed by atoms with Crippen LogP contribution in [0.2, 0.25) is 5.02 Å². The van der Waals surface area contributed by atoms with Gasteiger partial charge in [-0.15, -0.1) is 11.8 Å². The Hall–Kier alpha value is -2.23. The second-order valence-electron chi connectivity index (χ2n) is 6.09. The molecule has 0 bridgehead atoms. The number of nitrogens with one attached hydrogen (secondary N) is 1. The van der Waals surface area contributed by atoms with Gasteiger partial charge in [0.1, 0.15) is 18.1 Å². The van der Waals surface area contributed by atoms with Crippen molar-refractivity contribution in [1.29, 1.82) is 0 Å². The molecule has 0 saturated heterocycles. The summed E-state index contributed by atoms with van der Waals surface area (Å²) in [5.74, 6) is 0.877. The lowest BCUT2D eigenvalue weighted by molar-refractivity contribution is -0.141. The molecule has 2 heterocycles. The van der Waals surface area contributed by atoms with Crippen LogP contribution >= 0.6 is 23.4 Å². The van der Waals surface area contributed by atoms with Crippen LogP contribution in [0.4, 0.5) is 5.82 Å². The van der Waals surface area contributed by atoms with Crippen molar-refractivity contribution in [2.75, 3.05) is 17.9 Å². The highest BCUT2D eigenvalue weighted by Crippen LogP contribution is 2.32. The van der Waals surface area contributed by atoms with E-state index >= 15 is 0 Å². The topological polar surface area (TPSA) is 99.9 Å². The van der Waals surface area contributed by atoms with Crippen LogP contribution in [0.15, 0.2) is 22.7 Å². The Morgan fingerprint density at radius 1 is 1.39 bits per heavy atom. The summed E-state index contributed by atoms with van der Waals surface area (Å²) >= 11 is 7.25. The fraction of sp³-hybridized carbons (Fsp3) is 0.389. The maximum absolute atomic E-state index is 12.1. The molecule has 1 aliphatic rings. The minimum atomic E-state index is -0.469. The highest BCUT2D eigenvalue weighted by molar-refractivity contribution is 8.01. The van der Waals surface area contributed by atoms with Crippen LogP contribution in [0.5, 0.6) is 5.75 Å². The zero-order chi connectivity index (χ0) is 20.1. The van der Waals surface area contributed by atoms with Crippen LogP contribution in [0.25, 0.3) is 0 Å². The van der Waals surface area contributed by atoms with Crippen LogP contribution in [0, 0.1) is 6.92 Å². The molecule has 8 nitrogen and oxygen atoms in total. The number of carbonyl (C=O) groups excluding carboxylic acids is 2. The van der Waals surface area contributed by atoms with Crippen LogP contribution in [-0.2, 0) is 32.3 Å². The van der Waals surface area contributed by atoms with Crippen LogP contribution in [0.3, 0.4) is 0 Å². The van der Waals surface area contributed by atoms with E-state index in [0.717, 1.165) is 17.3 Å². The number of benzene rings is 1. The van der Waals surface area contributed by atoms with E-state index in [1.165, 1.54) is 0 Å². The van der Waals surface area contributed by atoms with Gasteiger partial charge in [-0.2, -0.15) is 0 Å². The largest absolute Gasteiger partial charge is 0.467 e. The molecule has 2 aromatic rings. The minimum absolute atomic E-state index is 0.0269. The quantitative estimate of drug-likeness (QED) is 0.673. The van der Waals surface area contributed by atoms with E-state index in [1.807, 2.05) is 0 Å². The number of amides is 1. The first-order valence-corrected chi connectivity index (χ1v) is 9.88. The van der Waals surface area contributed by atoms with Gasteiger partial charge in [-0.3, -0.25) is 9.59 Å². The fourth-order valence-corrected chi connectivity index (χ4v) is 3.43. The van der Waals surface area contributed by atoms with Gasteiger partial charge in [-0.25, -0.2) is 0 Å². The van der Waals surface area contributed by atoms with Gasteiger partial charge in [0, 0.05) is 22.2 Å². The van der Waals surface area contributed by atoms with E-state index < -0.39 is 11.2 Å². The molecular weight excluding hydrogens is 408 g/mol. The molecule has 1 N–H and O–H groups in total. The van der Waals surface area contributed by atoms with E-state index in [9.17, 15) is 9.59 Å². The molecule has 150 valence electrons. The smallest absolute Gasteiger partial charge is 0.316 e. The van der Waals surface area contributed by atoms with Gasteiger partial charge in [-0.1, -0.05) is 16.8 Å². The monoisotopic (exact) mass is 426 g/mol. The Labute approximate surface area is 170 Å². The standard InChI is InChI=1S/C18H19ClN2O6S/c1-10-3-15(21-27-10)20-18(23)11(2)28-8-16(22)25-7-13-5-14(19)4-12-6-24-9-26-17(12)13/h3-5,11H,6-9H2,1-2H3,(H,20,21,23)/t11-/m1/s1. The highest BCUT2D eigenvalue weighted by atomic mass is 35.5. The zero-order valence-electron chi connectivity index (χ0n) is 15.3. The van der Waals surface area contributed by atoms with Gasteiger partial charge in [-0.05, 0) is 26.0 Å². The summed E-state index contributed by atoms with van der Waals surface area (Å²) in [6, 6.07) is 5.07. The maximum atomic E-state index is 12.1. The summed E-state index contributed by atoms with van der Waals surface area (Å²) in [7, 11) is 0. The number of carbonyl (C=O) groups is 2. The van der Waals surface area contributed by atoms with E-state index in [0.29, 0.717) is 34.5 Å². The first-order valence-electron chi connectivity index (χ1n) is 8.45. The van der Waals surface area contributed by atoms with E-state index in [2.05, 4.69) is 10.5 Å². The first-order chi connectivity index (χ1) is 13.4.